The van der Waals surface area contributed by atoms with Crippen molar-refractivity contribution in [2.24, 2.45) is 0 Å². The van der Waals surface area contributed by atoms with Crippen LogP contribution in [-0.2, 0) is 14.2 Å². The third kappa shape index (κ3) is 5.42. The molecule has 0 aromatic carbocycles. The monoisotopic (exact) mass is 569 g/mol. The van der Waals surface area contributed by atoms with Gasteiger partial charge in [-0.15, -0.1) is 11.3 Å². The number of fused-ring (bicyclic) bond motifs is 1. The third-order valence-corrected chi connectivity index (χ3v) is 8.28. The number of likely N-dealkylation sites (N-methyl/N-ethyl adjacent to an activating group) is 1. The Morgan fingerprint density at radius 1 is 1.25 bits per heavy atom. The number of nitrogens with zero attached hydrogens (tertiary/aromatic N) is 5. The summed E-state index contributed by atoms with van der Waals surface area (Å²) >= 11 is 1.25. The van der Waals surface area contributed by atoms with Crippen molar-refractivity contribution in [3.63, 3.8) is 0 Å². The lowest BCUT2D eigenvalue weighted by atomic mass is 9.86. The zero-order chi connectivity index (χ0) is 28.1. The minimum atomic E-state index is -0.750. The number of aromatic nitrogens is 2. The van der Waals surface area contributed by atoms with Crippen LogP contribution in [0.1, 0.15) is 17.4 Å². The maximum atomic E-state index is 13.5. The molecule has 0 bridgehead atoms. The molecule has 40 heavy (non-hydrogen) atoms. The van der Waals surface area contributed by atoms with Crippen LogP contribution >= 0.6 is 11.3 Å². The second kappa shape index (κ2) is 12.3. The Hall–Kier alpha value is -3.52. The van der Waals surface area contributed by atoms with Gasteiger partial charge in [0.2, 0.25) is 0 Å². The molecule has 0 saturated carbocycles. The van der Waals surface area contributed by atoms with Gasteiger partial charge in [-0.05, 0) is 19.1 Å². The Labute approximate surface area is 237 Å². The van der Waals surface area contributed by atoms with Gasteiger partial charge in [0.25, 0.3) is 5.91 Å². The highest BCUT2D eigenvalue weighted by Gasteiger charge is 2.57. The van der Waals surface area contributed by atoms with Gasteiger partial charge >= 0.3 is 6.03 Å². The van der Waals surface area contributed by atoms with Crippen molar-refractivity contribution >= 4 is 39.8 Å². The highest BCUT2D eigenvalue weighted by atomic mass is 32.1. The molecule has 2 aromatic heterocycles. The van der Waals surface area contributed by atoms with E-state index in [0.717, 1.165) is 31.9 Å². The fourth-order valence-electron chi connectivity index (χ4n) is 5.11. The van der Waals surface area contributed by atoms with Gasteiger partial charge in [0.1, 0.15) is 23.6 Å². The van der Waals surface area contributed by atoms with Crippen LogP contribution in [0.2, 0.25) is 0 Å². The first kappa shape index (κ1) is 28.0. The van der Waals surface area contributed by atoms with Crippen molar-refractivity contribution in [1.82, 2.24) is 20.2 Å². The van der Waals surface area contributed by atoms with E-state index < -0.39 is 5.54 Å². The Balaban J connectivity index is 1.29. The molecule has 3 aliphatic rings. The number of hydrogen-bond acceptors (Lipinski definition) is 10. The van der Waals surface area contributed by atoms with Crippen molar-refractivity contribution in [3.05, 3.63) is 53.5 Å². The molecule has 2 aromatic rings. The van der Waals surface area contributed by atoms with E-state index in [1.54, 1.807) is 41.7 Å². The molecule has 2 saturated heterocycles. The Bertz CT molecular complexity index is 1280. The summed E-state index contributed by atoms with van der Waals surface area (Å²) in [6, 6.07) is 1.32. The molecule has 2 atom stereocenters. The molecule has 2 fully saturated rings. The van der Waals surface area contributed by atoms with E-state index in [-0.39, 0.29) is 23.7 Å². The maximum absolute atomic E-state index is 13.5. The van der Waals surface area contributed by atoms with E-state index in [1.807, 2.05) is 31.2 Å². The number of ether oxygens (including phenoxy) is 3. The molecule has 0 radical (unpaired) electrons. The van der Waals surface area contributed by atoms with Crippen molar-refractivity contribution in [2.45, 2.75) is 18.5 Å². The van der Waals surface area contributed by atoms with Crippen molar-refractivity contribution < 1.29 is 23.8 Å². The number of carbonyl (C=O) groups is 2. The molecule has 13 heteroatoms. The zero-order valence-electron chi connectivity index (χ0n) is 23.0. The topological polar surface area (TPSA) is 121 Å². The molecule has 2 unspecified atom stereocenters. The molecule has 3 amide bonds. The van der Waals surface area contributed by atoms with Crippen LogP contribution in [0.5, 0.6) is 0 Å². The van der Waals surface area contributed by atoms with Crippen LogP contribution in [0, 0.1) is 0 Å². The van der Waals surface area contributed by atoms with Gasteiger partial charge in [-0.3, -0.25) is 14.7 Å². The second-order valence-electron chi connectivity index (χ2n) is 9.77. The molecule has 2 aliphatic heterocycles. The van der Waals surface area contributed by atoms with E-state index >= 15 is 0 Å². The van der Waals surface area contributed by atoms with Gasteiger partial charge in [-0.1, -0.05) is 12.2 Å². The number of carbonyl (C=O) groups excluding carboxylic acids is 2. The predicted molar refractivity (Wildman–Crippen MR) is 153 cm³/mol. The molecule has 5 rings (SSSR count). The number of anilines is 3. The number of piperazine rings is 1. The number of nitrogens with one attached hydrogen (secondary N) is 2. The first-order valence-electron chi connectivity index (χ1n) is 13.3. The zero-order valence-corrected chi connectivity index (χ0v) is 23.8. The average Bonchev–Trinajstić information content (AvgIpc) is 3.53. The number of hydrogen-bond donors (Lipinski definition) is 2. The average molecular weight is 570 g/mol. The second-order valence-corrected chi connectivity index (χ2v) is 10.6. The number of allylic oxidation sites excluding steroid dienone is 2. The highest BCUT2D eigenvalue weighted by molar-refractivity contribution is 7.14. The fraction of sp³-hybridized carbons (Fsp3) is 0.481. The summed E-state index contributed by atoms with van der Waals surface area (Å²) in [5.74, 6) is 0.312. The minimum absolute atomic E-state index is 0.223. The molecule has 4 heterocycles. The summed E-state index contributed by atoms with van der Waals surface area (Å²) in [6.45, 7) is 7.17. The highest BCUT2D eigenvalue weighted by Crippen LogP contribution is 2.43. The van der Waals surface area contributed by atoms with Crippen molar-refractivity contribution in [1.29, 1.82) is 0 Å². The van der Waals surface area contributed by atoms with Crippen LogP contribution < -0.4 is 20.4 Å². The van der Waals surface area contributed by atoms with E-state index in [2.05, 4.69) is 25.5 Å². The Morgan fingerprint density at radius 2 is 2.05 bits per heavy atom. The molecule has 0 spiro atoms. The van der Waals surface area contributed by atoms with Gasteiger partial charge in [-0.25, -0.2) is 9.78 Å². The van der Waals surface area contributed by atoms with Gasteiger partial charge in [0.15, 0.2) is 5.13 Å². The summed E-state index contributed by atoms with van der Waals surface area (Å²) in [4.78, 5) is 41.0. The smallest absolute Gasteiger partial charge is 0.327 e. The van der Waals surface area contributed by atoms with Crippen LogP contribution in [0.25, 0.3) is 0 Å². The van der Waals surface area contributed by atoms with Gasteiger partial charge < -0.3 is 34.6 Å². The van der Waals surface area contributed by atoms with E-state index in [4.69, 9.17) is 14.2 Å². The molecule has 214 valence electrons. The summed E-state index contributed by atoms with van der Waals surface area (Å²) in [5, 5.41) is 8.42. The Morgan fingerprint density at radius 3 is 2.85 bits per heavy atom. The Kier molecular flexibility index (Phi) is 8.64. The van der Waals surface area contributed by atoms with E-state index in [9.17, 15) is 9.59 Å². The molecule has 2 N–H and O–H groups in total. The molecule has 12 nitrogen and oxygen atoms in total. The van der Waals surface area contributed by atoms with Crippen LogP contribution in [0.4, 0.5) is 21.3 Å². The summed E-state index contributed by atoms with van der Waals surface area (Å²) < 4.78 is 16.6. The number of methoxy groups -OCH3 is 1. The summed E-state index contributed by atoms with van der Waals surface area (Å²) in [5.41, 5.74) is 1.03. The van der Waals surface area contributed by atoms with E-state index in [0.29, 0.717) is 43.0 Å². The largest absolute Gasteiger partial charge is 0.493 e. The molecular weight excluding hydrogens is 534 g/mol. The number of amides is 3. The number of thiazole rings is 1. The van der Waals surface area contributed by atoms with Crippen LogP contribution in [-0.4, -0.2) is 105 Å². The number of pyridine rings is 1. The number of rotatable bonds is 11. The van der Waals surface area contributed by atoms with Crippen molar-refractivity contribution in [2.75, 3.05) is 81.9 Å². The van der Waals surface area contributed by atoms with Crippen molar-refractivity contribution in [3.8, 4) is 0 Å². The quantitative estimate of drug-likeness (QED) is 0.393. The standard InChI is InChI=1S/C27H35N7O5S/c1-27-22(5-4-6-23(27)39-16-15-38-14-13-37-3)34(26(36)32(27)2)25-31-20(18-40-25)24(35)30-19-17-29-8-7-21(19)33-11-9-28-10-12-33/h4-8,17-18,22,28H,9-16H2,1-3H3,(H,30,35). The van der Waals surface area contributed by atoms with E-state index in [1.165, 1.54) is 11.3 Å². The van der Waals surface area contributed by atoms with Gasteiger partial charge in [0, 0.05) is 51.9 Å². The van der Waals surface area contributed by atoms with Crippen LogP contribution in [0.15, 0.2) is 47.8 Å². The summed E-state index contributed by atoms with van der Waals surface area (Å²) in [7, 11) is 3.38. The van der Waals surface area contributed by atoms with Gasteiger partial charge in [0.05, 0.1) is 43.4 Å². The fourth-order valence-corrected chi connectivity index (χ4v) is 5.94. The molecule has 1 aliphatic carbocycles. The number of urea groups is 1. The third-order valence-electron chi connectivity index (χ3n) is 7.44. The van der Waals surface area contributed by atoms with Crippen LogP contribution in [0.3, 0.4) is 0 Å². The maximum Gasteiger partial charge on any atom is 0.327 e. The predicted octanol–water partition coefficient (Wildman–Crippen LogP) is 2.33. The minimum Gasteiger partial charge on any atom is -0.493 e. The summed E-state index contributed by atoms with van der Waals surface area (Å²) in [6.07, 6.45) is 9.09. The SMILES string of the molecule is COCCOCCOC1=CC=CC2N(c3nc(C(=O)Nc4cnccc4N4CCNCC4)cs3)C(=O)N(C)C12C. The first-order chi connectivity index (χ1) is 19.4. The van der Waals surface area contributed by atoms with Gasteiger partial charge in [-0.2, -0.15) is 0 Å². The normalized spacial score (nSPS) is 22.4. The molecular formula is C27H35N7O5S. The lowest BCUT2D eigenvalue weighted by Crippen LogP contribution is -2.50. The lowest BCUT2D eigenvalue weighted by Gasteiger charge is -2.38. The first-order valence-corrected chi connectivity index (χ1v) is 14.1. The lowest BCUT2D eigenvalue weighted by molar-refractivity contribution is 0.0282.